The van der Waals surface area contributed by atoms with E-state index in [4.69, 9.17) is 9.72 Å². The van der Waals surface area contributed by atoms with E-state index in [-0.39, 0.29) is 12.3 Å². The van der Waals surface area contributed by atoms with Gasteiger partial charge in [-0.3, -0.25) is 4.79 Å². The summed E-state index contributed by atoms with van der Waals surface area (Å²) in [4.78, 5) is 20.7. The predicted octanol–water partition coefficient (Wildman–Crippen LogP) is 4.09. The highest BCUT2D eigenvalue weighted by Gasteiger charge is 2.20. The highest BCUT2D eigenvalue weighted by atomic mass is 16.5. The first-order valence-electron chi connectivity index (χ1n) is 11.5. The molecule has 2 aromatic heterocycles. The van der Waals surface area contributed by atoms with Crippen LogP contribution in [0.5, 0.6) is 5.75 Å². The molecule has 0 bridgehead atoms. The normalized spacial score (nSPS) is 15.5. The maximum atomic E-state index is 11.5. The van der Waals surface area contributed by atoms with Crippen molar-refractivity contribution in [2.24, 2.45) is 0 Å². The fourth-order valence-electron chi connectivity index (χ4n) is 4.54. The van der Waals surface area contributed by atoms with E-state index >= 15 is 0 Å². The zero-order chi connectivity index (χ0) is 22.6. The third kappa shape index (κ3) is 5.08. The second kappa shape index (κ2) is 9.48. The number of allylic oxidation sites excluding steroid dienone is 1. The minimum atomic E-state index is -0.811. The highest BCUT2D eigenvalue weighted by molar-refractivity contribution is 5.68. The summed E-state index contributed by atoms with van der Waals surface area (Å²) in [6.45, 7) is 2.22. The van der Waals surface area contributed by atoms with E-state index in [0.29, 0.717) is 13.2 Å². The van der Waals surface area contributed by atoms with Crippen LogP contribution in [0.2, 0.25) is 0 Å². The van der Waals surface area contributed by atoms with Crippen molar-refractivity contribution in [2.75, 3.05) is 18.5 Å². The van der Waals surface area contributed by atoms with Crippen molar-refractivity contribution in [1.29, 1.82) is 0 Å². The van der Waals surface area contributed by atoms with Crippen LogP contribution in [-0.4, -0.2) is 38.8 Å². The number of carboxylic acids is 1. The third-order valence-corrected chi connectivity index (χ3v) is 6.26. The smallest absolute Gasteiger partial charge is 0.304 e. The third-order valence-electron chi connectivity index (χ3n) is 6.26. The van der Waals surface area contributed by atoms with Crippen LogP contribution in [0.15, 0.2) is 48.9 Å². The van der Waals surface area contributed by atoms with Crippen LogP contribution in [-0.2, 0) is 30.6 Å². The van der Waals surface area contributed by atoms with Gasteiger partial charge in [-0.2, -0.15) is 0 Å². The molecular weight excluding hydrogens is 416 g/mol. The number of imidazole rings is 1. The highest BCUT2D eigenvalue weighted by Crippen LogP contribution is 2.31. The lowest BCUT2D eigenvalue weighted by Gasteiger charge is -2.17. The summed E-state index contributed by atoms with van der Waals surface area (Å²) in [5.41, 5.74) is 5.33. The number of carboxylic acid groups (broad SMARTS) is 1. The first-order valence-corrected chi connectivity index (χ1v) is 11.5. The van der Waals surface area contributed by atoms with Gasteiger partial charge in [-0.05, 0) is 47.7 Å². The quantitative estimate of drug-likeness (QED) is 0.544. The molecule has 1 unspecified atom stereocenters. The number of nitrogens with one attached hydrogen (secondary N) is 1. The molecule has 1 aromatic carbocycles. The summed E-state index contributed by atoms with van der Waals surface area (Å²) < 4.78 is 7.64. The zero-order valence-corrected chi connectivity index (χ0v) is 18.5. The lowest BCUT2D eigenvalue weighted by molar-refractivity contribution is -0.137. The molecule has 33 heavy (non-hydrogen) atoms. The lowest BCUT2D eigenvalue weighted by Crippen LogP contribution is -2.13. The maximum absolute atomic E-state index is 11.5. The van der Waals surface area contributed by atoms with E-state index in [2.05, 4.69) is 34.6 Å². The number of benzene rings is 1. The van der Waals surface area contributed by atoms with Crippen molar-refractivity contribution in [3.63, 3.8) is 0 Å². The molecule has 0 radical (unpaired) electrons. The molecule has 0 spiro atoms. The van der Waals surface area contributed by atoms with Crippen LogP contribution in [0, 0.1) is 0 Å². The average molecular weight is 445 g/mol. The van der Waals surface area contributed by atoms with Crippen LogP contribution in [0.1, 0.15) is 46.8 Å². The molecule has 170 valence electrons. The van der Waals surface area contributed by atoms with Gasteiger partial charge in [0.25, 0.3) is 0 Å². The summed E-state index contributed by atoms with van der Waals surface area (Å²) in [6, 6.07) is 10.3. The Labute approximate surface area is 193 Å². The van der Waals surface area contributed by atoms with E-state index < -0.39 is 5.97 Å². The Morgan fingerprint density at radius 1 is 1.24 bits per heavy atom. The Kier molecular flexibility index (Phi) is 6.11. The average Bonchev–Trinajstić information content (AvgIpc) is 3.47. The number of ether oxygens (including phenoxy) is 1. The first-order chi connectivity index (χ1) is 16.1. The number of anilines is 1. The van der Waals surface area contributed by atoms with E-state index in [0.717, 1.165) is 60.7 Å². The molecule has 0 fully saturated rings. The van der Waals surface area contributed by atoms with Crippen molar-refractivity contribution in [1.82, 2.24) is 14.5 Å². The van der Waals surface area contributed by atoms with Gasteiger partial charge in [-0.1, -0.05) is 24.3 Å². The number of hydrogen-bond acceptors (Lipinski definition) is 5. The number of carbonyl (C=O) groups is 1. The second-order valence-electron chi connectivity index (χ2n) is 8.70. The van der Waals surface area contributed by atoms with Crippen molar-refractivity contribution < 1.29 is 14.6 Å². The minimum absolute atomic E-state index is 0.0557. The molecule has 0 amide bonds. The van der Waals surface area contributed by atoms with Gasteiger partial charge in [-0.15, -0.1) is 0 Å². The summed E-state index contributed by atoms with van der Waals surface area (Å²) in [5.74, 6) is 0.921. The van der Waals surface area contributed by atoms with Crippen LogP contribution >= 0.6 is 0 Å². The van der Waals surface area contributed by atoms with Crippen molar-refractivity contribution in [3.8, 4) is 5.75 Å². The molecule has 2 aliphatic heterocycles. The number of pyridine rings is 1. The maximum Gasteiger partial charge on any atom is 0.304 e. The number of hydrogen-bond donors (Lipinski definition) is 2. The first kappa shape index (κ1) is 21.2. The van der Waals surface area contributed by atoms with Gasteiger partial charge in [0, 0.05) is 43.7 Å². The Bertz CT molecular complexity index is 1180. The Morgan fingerprint density at radius 2 is 2.15 bits per heavy atom. The Hall–Kier alpha value is -3.61. The summed E-state index contributed by atoms with van der Waals surface area (Å²) in [7, 11) is 0. The van der Waals surface area contributed by atoms with E-state index in [9.17, 15) is 9.90 Å². The Balaban J connectivity index is 1.24. The van der Waals surface area contributed by atoms with Crippen LogP contribution in [0.25, 0.3) is 6.08 Å². The SMILES string of the molecule is O=C(O)CC(Cn1cnc(/C=C\Cc2ccc3c(n2)NCCC3)c1)c1ccc2c(c1)OCC2. The van der Waals surface area contributed by atoms with Gasteiger partial charge < -0.3 is 19.7 Å². The molecule has 5 rings (SSSR count). The van der Waals surface area contributed by atoms with Gasteiger partial charge in [0.1, 0.15) is 11.6 Å². The molecular formula is C26H28N4O3. The molecule has 2 aliphatic rings. The van der Waals surface area contributed by atoms with E-state index in [1.54, 1.807) is 6.33 Å². The van der Waals surface area contributed by atoms with Crippen molar-refractivity contribution in [3.05, 3.63) is 77.0 Å². The molecule has 7 heteroatoms. The Morgan fingerprint density at radius 3 is 3.06 bits per heavy atom. The molecule has 7 nitrogen and oxygen atoms in total. The van der Waals surface area contributed by atoms with Crippen molar-refractivity contribution in [2.45, 2.75) is 44.6 Å². The van der Waals surface area contributed by atoms with Crippen molar-refractivity contribution >= 4 is 17.9 Å². The molecule has 0 aliphatic carbocycles. The molecule has 2 N–H and O–H groups in total. The lowest BCUT2D eigenvalue weighted by atomic mass is 9.94. The largest absolute Gasteiger partial charge is 0.493 e. The standard InChI is InChI=1S/C26H28N4O3/c31-25(32)14-21(20-7-6-18-10-12-33-24(18)13-20)15-30-16-23(28-17-30)5-1-4-22-9-8-19-3-2-11-27-26(19)29-22/h1,5-9,13,16-17,21H,2-4,10-12,14-15H2,(H,27,29)(H,31,32)/b5-1-. The molecule has 0 saturated heterocycles. The van der Waals surface area contributed by atoms with Gasteiger partial charge >= 0.3 is 5.97 Å². The summed E-state index contributed by atoms with van der Waals surface area (Å²) in [6.07, 6.45) is 11.7. The topological polar surface area (TPSA) is 89.3 Å². The van der Waals surface area contributed by atoms with Gasteiger partial charge in [0.2, 0.25) is 0 Å². The molecule has 1 atom stereocenters. The fraction of sp³-hybridized carbons (Fsp3) is 0.346. The van der Waals surface area contributed by atoms with E-state index in [1.165, 1.54) is 11.1 Å². The number of aromatic nitrogens is 3. The van der Waals surface area contributed by atoms with E-state index in [1.807, 2.05) is 29.0 Å². The van der Waals surface area contributed by atoms with Crippen LogP contribution in [0.3, 0.4) is 0 Å². The predicted molar refractivity (Wildman–Crippen MR) is 127 cm³/mol. The number of nitrogens with zero attached hydrogens (tertiary/aromatic N) is 3. The number of rotatable bonds is 8. The number of fused-ring (bicyclic) bond motifs is 2. The summed E-state index contributed by atoms with van der Waals surface area (Å²) >= 11 is 0. The summed E-state index contributed by atoms with van der Waals surface area (Å²) in [5, 5.41) is 12.8. The second-order valence-corrected chi connectivity index (χ2v) is 8.70. The number of aryl methyl sites for hydroxylation is 1. The molecule has 3 aromatic rings. The van der Waals surface area contributed by atoms with Crippen LogP contribution in [0.4, 0.5) is 5.82 Å². The van der Waals surface area contributed by atoms with Crippen LogP contribution < -0.4 is 10.1 Å². The number of aliphatic carboxylic acids is 1. The molecule has 4 heterocycles. The molecule has 0 saturated carbocycles. The minimum Gasteiger partial charge on any atom is -0.493 e. The van der Waals surface area contributed by atoms with Gasteiger partial charge in [0.15, 0.2) is 0 Å². The fourth-order valence-corrected chi connectivity index (χ4v) is 4.54. The monoisotopic (exact) mass is 444 g/mol. The zero-order valence-electron chi connectivity index (χ0n) is 18.5. The van der Waals surface area contributed by atoms with Gasteiger partial charge in [0.05, 0.1) is 25.0 Å². The van der Waals surface area contributed by atoms with Gasteiger partial charge in [-0.25, -0.2) is 9.97 Å².